The third-order valence-electron chi connectivity index (χ3n) is 3.55. The first-order valence-electron chi connectivity index (χ1n) is 5.92. The van der Waals surface area contributed by atoms with E-state index in [4.69, 9.17) is 9.15 Å². The van der Waals surface area contributed by atoms with Gasteiger partial charge in [-0.3, -0.25) is 0 Å². The molecule has 0 aromatic carbocycles. The Morgan fingerprint density at radius 2 is 2.31 bits per heavy atom. The highest BCUT2D eigenvalue weighted by molar-refractivity contribution is 5.13. The average Bonchev–Trinajstić information content (AvgIpc) is 2.85. The Morgan fingerprint density at radius 3 is 2.81 bits per heavy atom. The van der Waals surface area contributed by atoms with Gasteiger partial charge in [0.1, 0.15) is 11.5 Å². The summed E-state index contributed by atoms with van der Waals surface area (Å²) in [7, 11) is 0. The number of furan rings is 1. The van der Waals surface area contributed by atoms with Crippen molar-refractivity contribution >= 4 is 0 Å². The fraction of sp³-hybridized carbons (Fsp3) is 0.571. The maximum absolute atomic E-state index is 6.05. The fourth-order valence-electron chi connectivity index (χ4n) is 2.28. The highest BCUT2D eigenvalue weighted by Crippen LogP contribution is 2.38. The maximum Gasteiger partial charge on any atom is 0.109 e. The van der Waals surface area contributed by atoms with Crippen LogP contribution in [0, 0.1) is 6.92 Å². The van der Waals surface area contributed by atoms with Crippen LogP contribution in [0.15, 0.2) is 29.2 Å². The SMILES string of the molecule is C=CC1(C)CCC(C(C)c2ccc(C)o2)O1. The molecular weight excluding hydrogens is 200 g/mol. The molecule has 2 nitrogen and oxygen atoms in total. The summed E-state index contributed by atoms with van der Waals surface area (Å²) in [4.78, 5) is 0. The number of ether oxygens (including phenoxy) is 1. The Balaban J connectivity index is 2.07. The molecule has 1 aliphatic heterocycles. The van der Waals surface area contributed by atoms with Crippen LogP contribution >= 0.6 is 0 Å². The van der Waals surface area contributed by atoms with Crippen LogP contribution in [0.25, 0.3) is 0 Å². The topological polar surface area (TPSA) is 22.4 Å². The third kappa shape index (κ3) is 2.07. The van der Waals surface area contributed by atoms with Gasteiger partial charge in [-0.25, -0.2) is 0 Å². The van der Waals surface area contributed by atoms with Gasteiger partial charge in [-0.2, -0.15) is 0 Å². The smallest absolute Gasteiger partial charge is 0.109 e. The minimum Gasteiger partial charge on any atom is -0.466 e. The van der Waals surface area contributed by atoms with Crippen molar-refractivity contribution in [3.8, 4) is 0 Å². The van der Waals surface area contributed by atoms with Crippen molar-refractivity contribution in [2.24, 2.45) is 0 Å². The van der Waals surface area contributed by atoms with Gasteiger partial charge in [0.2, 0.25) is 0 Å². The van der Waals surface area contributed by atoms with Gasteiger partial charge < -0.3 is 9.15 Å². The summed E-state index contributed by atoms with van der Waals surface area (Å²) in [6, 6.07) is 4.06. The predicted octanol–water partition coefficient (Wildman–Crippen LogP) is 3.82. The number of aryl methyl sites for hydroxylation is 1. The number of hydrogen-bond donors (Lipinski definition) is 0. The Hall–Kier alpha value is -1.02. The zero-order valence-corrected chi connectivity index (χ0v) is 10.3. The molecule has 2 heterocycles. The van der Waals surface area contributed by atoms with E-state index in [1.54, 1.807) is 0 Å². The van der Waals surface area contributed by atoms with Gasteiger partial charge in [-0.1, -0.05) is 13.0 Å². The quantitative estimate of drug-likeness (QED) is 0.723. The van der Waals surface area contributed by atoms with Crippen LogP contribution in [0.4, 0.5) is 0 Å². The first-order chi connectivity index (χ1) is 7.54. The Kier molecular flexibility index (Phi) is 2.94. The maximum atomic E-state index is 6.05. The monoisotopic (exact) mass is 220 g/mol. The summed E-state index contributed by atoms with van der Waals surface area (Å²) < 4.78 is 11.7. The molecular formula is C14H20O2. The van der Waals surface area contributed by atoms with Crippen LogP contribution in [0.3, 0.4) is 0 Å². The molecule has 0 N–H and O–H groups in total. The summed E-state index contributed by atoms with van der Waals surface area (Å²) in [5.41, 5.74) is -0.152. The molecule has 1 aromatic rings. The Morgan fingerprint density at radius 1 is 1.56 bits per heavy atom. The van der Waals surface area contributed by atoms with Crippen molar-refractivity contribution in [1.29, 1.82) is 0 Å². The van der Waals surface area contributed by atoms with Crippen molar-refractivity contribution < 1.29 is 9.15 Å². The minimum atomic E-state index is -0.152. The zero-order chi connectivity index (χ0) is 11.8. The molecule has 0 bridgehead atoms. The van der Waals surface area contributed by atoms with E-state index in [2.05, 4.69) is 20.4 Å². The predicted molar refractivity (Wildman–Crippen MR) is 64.6 cm³/mol. The van der Waals surface area contributed by atoms with E-state index in [0.29, 0.717) is 5.92 Å². The number of rotatable bonds is 3. The van der Waals surface area contributed by atoms with Gasteiger partial charge in [0.25, 0.3) is 0 Å². The lowest BCUT2D eigenvalue weighted by atomic mass is 9.97. The van der Waals surface area contributed by atoms with Crippen LogP contribution < -0.4 is 0 Å². The summed E-state index contributed by atoms with van der Waals surface area (Å²) in [5.74, 6) is 2.30. The lowest BCUT2D eigenvalue weighted by molar-refractivity contribution is -0.00806. The van der Waals surface area contributed by atoms with E-state index in [1.807, 2.05) is 25.1 Å². The third-order valence-corrected chi connectivity index (χ3v) is 3.55. The molecule has 1 saturated heterocycles. The molecule has 0 aliphatic carbocycles. The van der Waals surface area contributed by atoms with E-state index in [1.165, 1.54) is 0 Å². The molecule has 88 valence electrons. The molecule has 16 heavy (non-hydrogen) atoms. The van der Waals surface area contributed by atoms with Crippen LogP contribution in [-0.2, 0) is 4.74 Å². The van der Waals surface area contributed by atoms with Crippen LogP contribution in [-0.4, -0.2) is 11.7 Å². The van der Waals surface area contributed by atoms with Gasteiger partial charge in [-0.05, 0) is 38.8 Å². The van der Waals surface area contributed by atoms with Crippen molar-refractivity contribution in [3.05, 3.63) is 36.3 Å². The molecule has 2 heteroatoms. The second kappa shape index (κ2) is 4.10. The van der Waals surface area contributed by atoms with E-state index < -0.39 is 0 Å². The fourth-order valence-corrected chi connectivity index (χ4v) is 2.28. The minimum absolute atomic E-state index is 0.152. The van der Waals surface area contributed by atoms with Gasteiger partial charge >= 0.3 is 0 Å². The zero-order valence-electron chi connectivity index (χ0n) is 10.3. The van der Waals surface area contributed by atoms with E-state index in [0.717, 1.165) is 24.4 Å². The molecule has 0 spiro atoms. The van der Waals surface area contributed by atoms with E-state index >= 15 is 0 Å². The lowest BCUT2D eigenvalue weighted by Gasteiger charge is -2.23. The lowest BCUT2D eigenvalue weighted by Crippen LogP contribution is -2.24. The normalized spacial score (nSPS) is 31.6. The van der Waals surface area contributed by atoms with Crippen molar-refractivity contribution in [1.82, 2.24) is 0 Å². The van der Waals surface area contributed by atoms with E-state index in [9.17, 15) is 0 Å². The van der Waals surface area contributed by atoms with Gasteiger partial charge in [-0.15, -0.1) is 6.58 Å². The second-order valence-corrected chi connectivity index (χ2v) is 4.95. The molecule has 0 amide bonds. The first kappa shape index (κ1) is 11.5. The molecule has 1 aliphatic rings. The average molecular weight is 220 g/mol. The van der Waals surface area contributed by atoms with Crippen molar-refractivity contribution in [2.75, 3.05) is 0 Å². The molecule has 2 rings (SSSR count). The van der Waals surface area contributed by atoms with Crippen molar-refractivity contribution in [2.45, 2.75) is 51.2 Å². The van der Waals surface area contributed by atoms with Crippen molar-refractivity contribution in [3.63, 3.8) is 0 Å². The standard InChI is InChI=1S/C14H20O2/c1-5-14(4)9-8-13(16-14)11(3)12-7-6-10(2)15-12/h5-7,11,13H,1,8-9H2,2-4H3. The van der Waals surface area contributed by atoms with E-state index in [-0.39, 0.29) is 11.7 Å². The summed E-state index contributed by atoms with van der Waals surface area (Å²) in [6.07, 6.45) is 4.27. The van der Waals surface area contributed by atoms with Gasteiger partial charge in [0, 0.05) is 5.92 Å². The van der Waals surface area contributed by atoms with Gasteiger partial charge in [0.15, 0.2) is 0 Å². The largest absolute Gasteiger partial charge is 0.466 e. The van der Waals surface area contributed by atoms with Crippen LogP contribution in [0.2, 0.25) is 0 Å². The van der Waals surface area contributed by atoms with Crippen LogP contribution in [0.5, 0.6) is 0 Å². The highest BCUT2D eigenvalue weighted by Gasteiger charge is 2.37. The molecule has 3 atom stereocenters. The first-order valence-corrected chi connectivity index (χ1v) is 5.92. The molecule has 0 saturated carbocycles. The molecule has 0 radical (unpaired) electrons. The summed E-state index contributed by atoms with van der Waals surface area (Å²) >= 11 is 0. The Bertz CT molecular complexity index is 380. The number of hydrogen-bond acceptors (Lipinski definition) is 2. The molecule has 3 unspecified atom stereocenters. The molecule has 1 fully saturated rings. The van der Waals surface area contributed by atoms with Gasteiger partial charge in [0.05, 0.1) is 11.7 Å². The Labute approximate surface area is 97.3 Å². The second-order valence-electron chi connectivity index (χ2n) is 4.95. The summed E-state index contributed by atoms with van der Waals surface area (Å²) in [6.45, 7) is 10.1. The van der Waals surface area contributed by atoms with Crippen LogP contribution in [0.1, 0.15) is 44.1 Å². The highest BCUT2D eigenvalue weighted by atomic mass is 16.5. The summed E-state index contributed by atoms with van der Waals surface area (Å²) in [5, 5.41) is 0. The molecule has 1 aromatic heterocycles.